The van der Waals surface area contributed by atoms with Crippen molar-refractivity contribution in [1.82, 2.24) is 5.32 Å². The number of rotatable bonds is 5. The van der Waals surface area contributed by atoms with Crippen molar-refractivity contribution >= 4 is 28.8 Å². The molecule has 0 aliphatic carbocycles. The van der Waals surface area contributed by atoms with Gasteiger partial charge in [-0.15, -0.1) is 11.3 Å². The average molecular weight is 350 g/mol. The first-order valence-corrected chi connectivity index (χ1v) is 8.79. The molecule has 2 amide bonds. The number of para-hydroxylation sites is 1. The standard InChI is InChI=1S/C20H18N2O2S/c1-14-6-4-7-15(12-14)19(23)22-18-10-3-2-9-17(18)20(24)21-13-16-8-5-11-25-16/h2-12H,13H2,1H3,(H,21,24)(H,22,23). The minimum Gasteiger partial charge on any atom is -0.347 e. The van der Waals surface area contributed by atoms with Crippen LogP contribution in [0.15, 0.2) is 66.0 Å². The Morgan fingerprint density at radius 3 is 2.56 bits per heavy atom. The van der Waals surface area contributed by atoms with Crippen LogP contribution in [0.5, 0.6) is 0 Å². The lowest BCUT2D eigenvalue weighted by molar-refractivity contribution is 0.0952. The zero-order valence-corrected chi connectivity index (χ0v) is 14.6. The third-order valence-corrected chi connectivity index (χ3v) is 4.58. The number of anilines is 1. The third kappa shape index (κ3) is 4.33. The highest BCUT2D eigenvalue weighted by atomic mass is 32.1. The molecule has 0 radical (unpaired) electrons. The molecular formula is C20H18N2O2S. The number of carbonyl (C=O) groups excluding carboxylic acids is 2. The normalized spacial score (nSPS) is 10.3. The monoisotopic (exact) mass is 350 g/mol. The Balaban J connectivity index is 1.74. The Hall–Kier alpha value is -2.92. The van der Waals surface area contributed by atoms with Gasteiger partial charge in [0.1, 0.15) is 0 Å². The van der Waals surface area contributed by atoms with E-state index < -0.39 is 0 Å². The lowest BCUT2D eigenvalue weighted by Gasteiger charge is -2.11. The third-order valence-electron chi connectivity index (χ3n) is 3.70. The van der Waals surface area contributed by atoms with E-state index in [0.717, 1.165) is 10.4 Å². The predicted molar refractivity (Wildman–Crippen MR) is 101 cm³/mol. The molecule has 0 atom stereocenters. The van der Waals surface area contributed by atoms with Crippen molar-refractivity contribution in [2.75, 3.05) is 5.32 Å². The molecule has 3 rings (SSSR count). The van der Waals surface area contributed by atoms with Crippen LogP contribution in [0.4, 0.5) is 5.69 Å². The molecule has 2 aromatic carbocycles. The zero-order valence-electron chi connectivity index (χ0n) is 13.8. The maximum absolute atomic E-state index is 12.5. The van der Waals surface area contributed by atoms with Crippen LogP contribution in [0, 0.1) is 6.92 Å². The summed E-state index contributed by atoms with van der Waals surface area (Å²) in [5, 5.41) is 7.68. The summed E-state index contributed by atoms with van der Waals surface area (Å²) in [7, 11) is 0. The van der Waals surface area contributed by atoms with Crippen LogP contribution in [0.3, 0.4) is 0 Å². The van der Waals surface area contributed by atoms with Crippen molar-refractivity contribution in [2.24, 2.45) is 0 Å². The minimum absolute atomic E-state index is 0.214. The molecule has 0 unspecified atom stereocenters. The Labute approximate surface area is 150 Å². The number of thiophene rings is 1. The van der Waals surface area contributed by atoms with Crippen molar-refractivity contribution < 1.29 is 9.59 Å². The largest absolute Gasteiger partial charge is 0.347 e. The number of hydrogen-bond acceptors (Lipinski definition) is 3. The molecule has 0 aliphatic heterocycles. The average Bonchev–Trinajstić information content (AvgIpc) is 3.13. The quantitative estimate of drug-likeness (QED) is 0.723. The topological polar surface area (TPSA) is 58.2 Å². The Kier molecular flexibility index (Phi) is 5.26. The first-order chi connectivity index (χ1) is 12.1. The summed E-state index contributed by atoms with van der Waals surface area (Å²) < 4.78 is 0. The van der Waals surface area contributed by atoms with E-state index in [9.17, 15) is 9.59 Å². The molecule has 1 heterocycles. The van der Waals surface area contributed by atoms with E-state index in [1.54, 1.807) is 41.7 Å². The Morgan fingerprint density at radius 1 is 0.960 bits per heavy atom. The van der Waals surface area contributed by atoms with Gasteiger partial charge in [-0.05, 0) is 42.6 Å². The van der Waals surface area contributed by atoms with E-state index in [2.05, 4.69) is 10.6 Å². The van der Waals surface area contributed by atoms with Gasteiger partial charge < -0.3 is 10.6 Å². The van der Waals surface area contributed by atoms with E-state index in [0.29, 0.717) is 23.4 Å². The lowest BCUT2D eigenvalue weighted by atomic mass is 10.1. The summed E-state index contributed by atoms with van der Waals surface area (Å²) >= 11 is 1.59. The van der Waals surface area contributed by atoms with Gasteiger partial charge in [-0.25, -0.2) is 0 Å². The maximum Gasteiger partial charge on any atom is 0.255 e. The molecule has 25 heavy (non-hydrogen) atoms. The molecule has 0 fully saturated rings. The van der Waals surface area contributed by atoms with Gasteiger partial charge in [0.15, 0.2) is 0 Å². The van der Waals surface area contributed by atoms with Crippen LogP contribution in [0.25, 0.3) is 0 Å². The number of hydrogen-bond donors (Lipinski definition) is 2. The fourth-order valence-electron chi connectivity index (χ4n) is 2.45. The van der Waals surface area contributed by atoms with Crippen LogP contribution in [0.2, 0.25) is 0 Å². The first-order valence-electron chi connectivity index (χ1n) is 7.91. The predicted octanol–water partition coefficient (Wildman–Crippen LogP) is 4.24. The van der Waals surface area contributed by atoms with Crippen LogP contribution in [-0.4, -0.2) is 11.8 Å². The molecule has 1 aromatic heterocycles. The van der Waals surface area contributed by atoms with E-state index in [-0.39, 0.29) is 11.8 Å². The summed E-state index contributed by atoms with van der Waals surface area (Å²) in [5.41, 5.74) is 2.51. The molecular weight excluding hydrogens is 332 g/mol. The molecule has 3 aromatic rings. The molecule has 0 saturated carbocycles. The summed E-state index contributed by atoms with van der Waals surface area (Å²) in [6, 6.07) is 18.3. The van der Waals surface area contributed by atoms with Gasteiger partial charge >= 0.3 is 0 Å². The van der Waals surface area contributed by atoms with Crippen LogP contribution >= 0.6 is 11.3 Å². The fraction of sp³-hybridized carbons (Fsp3) is 0.100. The smallest absolute Gasteiger partial charge is 0.255 e. The van der Waals surface area contributed by atoms with Crippen molar-refractivity contribution in [3.05, 3.63) is 87.6 Å². The van der Waals surface area contributed by atoms with E-state index in [1.807, 2.05) is 42.6 Å². The van der Waals surface area contributed by atoms with Gasteiger partial charge in [0.2, 0.25) is 0 Å². The number of benzene rings is 2. The molecule has 0 aliphatic rings. The lowest BCUT2D eigenvalue weighted by Crippen LogP contribution is -2.24. The zero-order chi connectivity index (χ0) is 17.6. The maximum atomic E-state index is 12.5. The number of carbonyl (C=O) groups is 2. The van der Waals surface area contributed by atoms with Crippen LogP contribution in [0.1, 0.15) is 31.2 Å². The van der Waals surface area contributed by atoms with Crippen LogP contribution in [-0.2, 0) is 6.54 Å². The van der Waals surface area contributed by atoms with Gasteiger partial charge in [-0.1, -0.05) is 35.9 Å². The van der Waals surface area contributed by atoms with Crippen molar-refractivity contribution in [1.29, 1.82) is 0 Å². The summed E-state index contributed by atoms with van der Waals surface area (Å²) in [5.74, 6) is -0.448. The minimum atomic E-state index is -0.234. The second kappa shape index (κ2) is 7.77. The number of aryl methyl sites for hydroxylation is 1. The number of amides is 2. The van der Waals surface area contributed by atoms with Crippen molar-refractivity contribution in [2.45, 2.75) is 13.5 Å². The van der Waals surface area contributed by atoms with E-state index >= 15 is 0 Å². The molecule has 5 heteroatoms. The Bertz CT molecular complexity index is 888. The summed E-state index contributed by atoms with van der Waals surface area (Å²) in [6.45, 7) is 2.40. The fourth-order valence-corrected chi connectivity index (χ4v) is 3.09. The van der Waals surface area contributed by atoms with Crippen molar-refractivity contribution in [3.63, 3.8) is 0 Å². The van der Waals surface area contributed by atoms with E-state index in [1.165, 1.54) is 0 Å². The van der Waals surface area contributed by atoms with E-state index in [4.69, 9.17) is 0 Å². The molecule has 0 spiro atoms. The number of nitrogens with one attached hydrogen (secondary N) is 2. The SMILES string of the molecule is Cc1cccc(C(=O)Nc2ccccc2C(=O)NCc2cccs2)c1. The summed E-state index contributed by atoms with van der Waals surface area (Å²) in [6.07, 6.45) is 0. The highest BCUT2D eigenvalue weighted by Gasteiger charge is 2.14. The summed E-state index contributed by atoms with van der Waals surface area (Å²) in [4.78, 5) is 26.0. The second-order valence-electron chi connectivity index (χ2n) is 5.63. The highest BCUT2D eigenvalue weighted by molar-refractivity contribution is 7.09. The molecule has 126 valence electrons. The second-order valence-corrected chi connectivity index (χ2v) is 6.66. The van der Waals surface area contributed by atoms with Gasteiger partial charge in [0, 0.05) is 10.4 Å². The molecule has 4 nitrogen and oxygen atoms in total. The van der Waals surface area contributed by atoms with Gasteiger partial charge in [0.05, 0.1) is 17.8 Å². The molecule has 0 saturated heterocycles. The molecule has 0 bridgehead atoms. The van der Waals surface area contributed by atoms with Crippen LogP contribution < -0.4 is 10.6 Å². The molecule has 2 N–H and O–H groups in total. The highest BCUT2D eigenvalue weighted by Crippen LogP contribution is 2.17. The van der Waals surface area contributed by atoms with Gasteiger partial charge in [-0.2, -0.15) is 0 Å². The van der Waals surface area contributed by atoms with Gasteiger partial charge in [-0.3, -0.25) is 9.59 Å². The first kappa shape index (κ1) is 16.9. The Morgan fingerprint density at radius 2 is 1.80 bits per heavy atom. The van der Waals surface area contributed by atoms with Crippen molar-refractivity contribution in [3.8, 4) is 0 Å². The van der Waals surface area contributed by atoms with Gasteiger partial charge in [0.25, 0.3) is 11.8 Å².